The molecule has 1 N–H and O–H groups in total. The topological polar surface area (TPSA) is 121 Å². The van der Waals surface area contributed by atoms with Gasteiger partial charge in [0.15, 0.2) is 15.7 Å². The molecule has 39 heavy (non-hydrogen) atoms. The van der Waals surface area contributed by atoms with Gasteiger partial charge in [-0.05, 0) is 48.5 Å². The van der Waals surface area contributed by atoms with Crippen LogP contribution < -0.4 is 4.74 Å². The van der Waals surface area contributed by atoms with Crippen LogP contribution in [0.3, 0.4) is 0 Å². The number of carboxylic acids is 1. The van der Waals surface area contributed by atoms with Gasteiger partial charge < -0.3 is 14.6 Å². The number of ether oxygens (including phenoxy) is 2. The summed E-state index contributed by atoms with van der Waals surface area (Å²) in [7, 11) is -4.63. The third kappa shape index (κ3) is 7.11. The molecule has 0 unspecified atom stereocenters. The number of aliphatic carboxylic acids is 1. The first-order chi connectivity index (χ1) is 18.5. The second-order valence-corrected chi connectivity index (χ2v) is 18.3. The molecule has 0 aliphatic rings. The van der Waals surface area contributed by atoms with Crippen molar-refractivity contribution in [1.29, 1.82) is 0 Å². The van der Waals surface area contributed by atoms with E-state index in [4.69, 9.17) is 14.5 Å². The normalized spacial score (nSPS) is 12.1. The van der Waals surface area contributed by atoms with Crippen molar-refractivity contribution < 1.29 is 27.8 Å². The van der Waals surface area contributed by atoms with E-state index in [0.717, 1.165) is 6.04 Å². The number of hydrogen-bond donors (Lipinski definition) is 1. The smallest absolute Gasteiger partial charge is 0.307 e. The molecule has 0 amide bonds. The third-order valence-electron chi connectivity index (χ3n) is 6.17. The van der Waals surface area contributed by atoms with E-state index >= 15 is 0 Å². The van der Waals surface area contributed by atoms with E-state index in [1.807, 2.05) is 22.8 Å². The molecule has 9 nitrogen and oxygen atoms in total. The second-order valence-electron chi connectivity index (χ2n) is 10.4. The molecule has 2 aromatic heterocycles. The molecular formula is C28H33N3O6SSi. The molecule has 2 heterocycles. The van der Waals surface area contributed by atoms with Gasteiger partial charge >= 0.3 is 5.97 Å². The van der Waals surface area contributed by atoms with E-state index in [2.05, 4.69) is 24.6 Å². The molecule has 0 atom stereocenters. The van der Waals surface area contributed by atoms with Crippen molar-refractivity contribution in [1.82, 2.24) is 14.5 Å². The summed E-state index contributed by atoms with van der Waals surface area (Å²) in [6.45, 7) is 9.31. The van der Waals surface area contributed by atoms with Crippen LogP contribution in [0.25, 0.3) is 22.6 Å². The fourth-order valence-electron chi connectivity index (χ4n) is 3.96. The first kappa shape index (κ1) is 28.5. The molecule has 0 aliphatic heterocycles. The van der Waals surface area contributed by atoms with E-state index in [-0.39, 0.29) is 23.8 Å². The zero-order valence-corrected chi connectivity index (χ0v) is 24.4. The van der Waals surface area contributed by atoms with E-state index in [0.29, 0.717) is 46.2 Å². The molecule has 2 aromatic carbocycles. The molecule has 0 aliphatic carbocycles. The van der Waals surface area contributed by atoms with Crippen molar-refractivity contribution in [2.45, 2.75) is 50.7 Å². The van der Waals surface area contributed by atoms with Gasteiger partial charge in [0.25, 0.3) is 0 Å². The van der Waals surface area contributed by atoms with Crippen LogP contribution in [-0.2, 0) is 32.5 Å². The highest BCUT2D eigenvalue weighted by molar-refractivity contribution is 7.91. The molecule has 0 radical (unpaired) electrons. The minimum absolute atomic E-state index is 0.00421. The van der Waals surface area contributed by atoms with Crippen molar-refractivity contribution in [2.24, 2.45) is 0 Å². The number of rotatable bonds is 12. The van der Waals surface area contributed by atoms with Crippen LogP contribution in [0.2, 0.25) is 25.7 Å². The van der Waals surface area contributed by atoms with Crippen LogP contribution in [0.4, 0.5) is 0 Å². The zero-order chi connectivity index (χ0) is 28.2. The van der Waals surface area contributed by atoms with Crippen molar-refractivity contribution in [3.8, 4) is 23.0 Å². The van der Waals surface area contributed by atoms with Crippen LogP contribution in [0.15, 0.2) is 65.7 Å². The predicted molar refractivity (Wildman–Crippen MR) is 153 cm³/mol. The molecule has 0 saturated carbocycles. The fourth-order valence-corrected chi connectivity index (χ4v) is 5.60. The van der Waals surface area contributed by atoms with Crippen molar-refractivity contribution in [2.75, 3.05) is 12.4 Å². The van der Waals surface area contributed by atoms with E-state index in [1.165, 1.54) is 12.1 Å². The molecule has 4 rings (SSSR count). The molecule has 4 aromatic rings. The number of pyridine rings is 1. The summed E-state index contributed by atoms with van der Waals surface area (Å²) >= 11 is 0. The van der Waals surface area contributed by atoms with Crippen LogP contribution >= 0.6 is 0 Å². The Labute approximate surface area is 229 Å². The Hall–Kier alpha value is -3.54. The lowest BCUT2D eigenvalue weighted by molar-refractivity contribution is -0.136. The van der Waals surface area contributed by atoms with Crippen LogP contribution in [-0.4, -0.2) is 54.5 Å². The highest BCUT2D eigenvalue weighted by Crippen LogP contribution is 2.33. The van der Waals surface area contributed by atoms with Gasteiger partial charge in [0.05, 0.1) is 28.1 Å². The number of imidazole rings is 1. The van der Waals surface area contributed by atoms with Crippen molar-refractivity contribution >= 4 is 34.9 Å². The Balaban J connectivity index is 1.75. The average molecular weight is 568 g/mol. The lowest BCUT2D eigenvalue weighted by Gasteiger charge is -2.16. The summed E-state index contributed by atoms with van der Waals surface area (Å²) in [4.78, 5) is 21.2. The van der Waals surface area contributed by atoms with Gasteiger partial charge in [-0.25, -0.2) is 13.4 Å². The van der Waals surface area contributed by atoms with Gasteiger partial charge in [-0.1, -0.05) is 32.6 Å². The maximum atomic E-state index is 12.2. The van der Waals surface area contributed by atoms with Crippen LogP contribution in [0.5, 0.6) is 11.5 Å². The number of carboxylic acid groups (broad SMARTS) is 1. The third-order valence-corrected chi connectivity index (χ3v) is 9.63. The molecule has 0 saturated heterocycles. The van der Waals surface area contributed by atoms with Crippen LogP contribution in [0, 0.1) is 0 Å². The number of sulfone groups is 1. The highest BCUT2D eigenvalue weighted by Gasteiger charge is 2.20. The Morgan fingerprint density at radius 2 is 1.82 bits per heavy atom. The van der Waals surface area contributed by atoms with E-state index in [9.17, 15) is 18.3 Å². The molecule has 0 fully saturated rings. The molecule has 0 bridgehead atoms. The fraction of sp³-hybridized carbons (Fsp3) is 0.321. The number of benzene rings is 2. The first-order valence-corrected chi connectivity index (χ1v) is 18.1. The van der Waals surface area contributed by atoms with Gasteiger partial charge in [-0.15, -0.1) is 0 Å². The lowest BCUT2D eigenvalue weighted by Crippen LogP contribution is -2.22. The van der Waals surface area contributed by atoms with Gasteiger partial charge in [0.2, 0.25) is 0 Å². The maximum absolute atomic E-state index is 12.2. The number of carbonyl (C=O) groups is 1. The quantitative estimate of drug-likeness (QED) is 0.173. The number of nitrogens with zero attached hydrogens (tertiary/aromatic N) is 3. The zero-order valence-electron chi connectivity index (χ0n) is 22.5. The summed E-state index contributed by atoms with van der Waals surface area (Å²) in [5.74, 6) is 0.301. The Bertz CT molecular complexity index is 1560. The monoisotopic (exact) mass is 567 g/mol. The molecule has 206 valence electrons. The minimum atomic E-state index is -3.35. The summed E-state index contributed by atoms with van der Waals surface area (Å²) in [5, 5.41) is 9.61. The molecule has 11 heteroatoms. The van der Waals surface area contributed by atoms with Gasteiger partial charge in [-0.2, -0.15) is 0 Å². The standard InChI is InChI=1S/C28H33N3O6SSi/c1-5-38(34,35)22-11-9-21(10-12-22)37-26-18-24-25(16-20(26)17-27(32)33)31(19-36-14-15-39(2,3)4)28(30-24)23-8-6-7-13-29-23/h6-13,16,18H,5,14-15,17,19H2,1-4H3,(H,32,33). The maximum Gasteiger partial charge on any atom is 0.307 e. The Kier molecular flexibility index (Phi) is 8.53. The van der Waals surface area contributed by atoms with Crippen LogP contribution in [0.1, 0.15) is 12.5 Å². The minimum Gasteiger partial charge on any atom is -0.481 e. The number of hydrogen-bond acceptors (Lipinski definition) is 7. The lowest BCUT2D eigenvalue weighted by atomic mass is 10.1. The number of aromatic nitrogens is 3. The SMILES string of the molecule is CCS(=O)(=O)c1ccc(Oc2cc3nc(-c4ccccn4)n(COCC[Si](C)(C)C)c3cc2CC(=O)O)cc1. The van der Waals surface area contributed by atoms with Crippen molar-refractivity contribution in [3.63, 3.8) is 0 Å². The van der Waals surface area contributed by atoms with Crippen molar-refractivity contribution in [3.05, 3.63) is 66.4 Å². The van der Waals surface area contributed by atoms with E-state index in [1.54, 1.807) is 37.4 Å². The van der Waals surface area contributed by atoms with Gasteiger partial charge in [0, 0.05) is 32.5 Å². The van der Waals surface area contributed by atoms with Gasteiger partial charge in [-0.3, -0.25) is 14.3 Å². The summed E-state index contributed by atoms with van der Waals surface area (Å²) in [5.41, 5.74) is 2.42. The van der Waals surface area contributed by atoms with Gasteiger partial charge in [0.1, 0.15) is 23.9 Å². The second kappa shape index (κ2) is 11.7. The highest BCUT2D eigenvalue weighted by atomic mass is 32.2. The summed E-state index contributed by atoms with van der Waals surface area (Å²) < 4.78 is 38.3. The first-order valence-electron chi connectivity index (χ1n) is 12.7. The largest absolute Gasteiger partial charge is 0.481 e. The molecule has 0 spiro atoms. The van der Waals surface area contributed by atoms with E-state index < -0.39 is 23.9 Å². The number of fused-ring (bicyclic) bond motifs is 1. The summed E-state index contributed by atoms with van der Waals surface area (Å²) in [6.07, 6.45) is 1.42. The Morgan fingerprint density at radius 3 is 2.44 bits per heavy atom. The summed E-state index contributed by atoms with van der Waals surface area (Å²) in [6, 6.07) is 16.1. The Morgan fingerprint density at radius 1 is 1.08 bits per heavy atom. The average Bonchev–Trinajstić information content (AvgIpc) is 3.24. The predicted octanol–water partition coefficient (Wildman–Crippen LogP) is 5.62. The molecular weight excluding hydrogens is 534 g/mol.